The minimum atomic E-state index is 0.413. The molecule has 0 aliphatic heterocycles. The fourth-order valence-corrected chi connectivity index (χ4v) is 2.23. The van der Waals surface area contributed by atoms with Crippen LogP contribution in [-0.2, 0) is 4.79 Å². The van der Waals surface area contributed by atoms with Crippen molar-refractivity contribution in [2.75, 3.05) is 0 Å². The summed E-state index contributed by atoms with van der Waals surface area (Å²) in [6.45, 7) is 4.45. The van der Waals surface area contributed by atoms with Gasteiger partial charge >= 0.3 is 0 Å². The Balaban J connectivity index is 2.52. The topological polar surface area (TPSA) is 17.1 Å². The number of ketones is 1. The average Bonchev–Trinajstić information content (AvgIpc) is 2.26. The van der Waals surface area contributed by atoms with Crippen molar-refractivity contribution in [2.24, 2.45) is 5.92 Å². The normalized spacial score (nSPS) is 22.0. The zero-order chi connectivity index (χ0) is 11.1. The van der Waals surface area contributed by atoms with Crippen molar-refractivity contribution in [2.45, 2.75) is 65.2 Å². The zero-order valence-corrected chi connectivity index (χ0v) is 10.2. The zero-order valence-electron chi connectivity index (χ0n) is 10.2. The molecule has 1 nitrogen and oxygen atoms in total. The van der Waals surface area contributed by atoms with E-state index in [1.807, 2.05) is 0 Å². The van der Waals surface area contributed by atoms with Crippen molar-refractivity contribution < 1.29 is 4.79 Å². The molecule has 1 saturated carbocycles. The summed E-state index contributed by atoms with van der Waals surface area (Å²) in [6, 6.07) is 0. The fourth-order valence-electron chi connectivity index (χ4n) is 2.23. The fraction of sp³-hybridized carbons (Fsp3) is 0.786. The number of hydrogen-bond acceptors (Lipinski definition) is 1. The van der Waals surface area contributed by atoms with E-state index < -0.39 is 0 Å². The molecule has 1 atom stereocenters. The molecule has 1 rings (SSSR count). The smallest absolute Gasteiger partial charge is 0.158 e. The summed E-state index contributed by atoms with van der Waals surface area (Å²) < 4.78 is 0. The number of carbonyl (C=O) groups excluding carboxylic acids is 1. The first-order valence-corrected chi connectivity index (χ1v) is 6.51. The van der Waals surface area contributed by atoms with Crippen LogP contribution < -0.4 is 0 Å². The van der Waals surface area contributed by atoms with Gasteiger partial charge in [0, 0.05) is 6.42 Å². The van der Waals surface area contributed by atoms with Gasteiger partial charge in [0.05, 0.1) is 0 Å². The van der Waals surface area contributed by atoms with Gasteiger partial charge in [-0.1, -0.05) is 32.8 Å². The molecule has 0 unspecified atom stereocenters. The minimum Gasteiger partial charge on any atom is -0.295 e. The van der Waals surface area contributed by atoms with Crippen LogP contribution in [0.3, 0.4) is 0 Å². The van der Waals surface area contributed by atoms with Crippen LogP contribution >= 0.6 is 0 Å². The third-order valence-corrected chi connectivity index (χ3v) is 3.35. The molecule has 0 heterocycles. The van der Waals surface area contributed by atoms with E-state index in [2.05, 4.69) is 19.9 Å². The Morgan fingerprint density at radius 2 is 2.00 bits per heavy atom. The minimum absolute atomic E-state index is 0.413. The molecule has 0 aromatic heterocycles. The van der Waals surface area contributed by atoms with E-state index >= 15 is 0 Å². The first-order valence-electron chi connectivity index (χ1n) is 6.51. The second-order valence-electron chi connectivity index (χ2n) is 4.63. The molecule has 1 heteroatoms. The second-order valence-corrected chi connectivity index (χ2v) is 4.63. The SMILES string of the molecule is CCCC[C@H](/C=C1\CCCCC1=O)CC. The van der Waals surface area contributed by atoms with Crippen LogP contribution in [0.25, 0.3) is 0 Å². The lowest BCUT2D eigenvalue weighted by molar-refractivity contribution is -0.116. The van der Waals surface area contributed by atoms with Crippen molar-refractivity contribution in [1.82, 2.24) is 0 Å². The molecule has 0 radical (unpaired) electrons. The monoisotopic (exact) mass is 208 g/mol. The van der Waals surface area contributed by atoms with Gasteiger partial charge in [0.25, 0.3) is 0 Å². The van der Waals surface area contributed by atoms with Gasteiger partial charge in [-0.25, -0.2) is 0 Å². The van der Waals surface area contributed by atoms with Crippen LogP contribution in [0.2, 0.25) is 0 Å². The maximum Gasteiger partial charge on any atom is 0.158 e. The number of Topliss-reactive ketones (excluding diaryl/α,β-unsaturated/α-hetero) is 1. The van der Waals surface area contributed by atoms with Gasteiger partial charge in [-0.2, -0.15) is 0 Å². The van der Waals surface area contributed by atoms with Crippen LogP contribution in [0.4, 0.5) is 0 Å². The Morgan fingerprint density at radius 3 is 2.60 bits per heavy atom. The molecular weight excluding hydrogens is 184 g/mol. The summed E-state index contributed by atoms with van der Waals surface area (Å²) in [4.78, 5) is 11.7. The molecule has 0 aromatic carbocycles. The Morgan fingerprint density at radius 1 is 1.27 bits per heavy atom. The lowest BCUT2D eigenvalue weighted by Gasteiger charge is -2.16. The second kappa shape index (κ2) is 6.81. The number of hydrogen-bond donors (Lipinski definition) is 0. The van der Waals surface area contributed by atoms with Gasteiger partial charge in [0.15, 0.2) is 5.78 Å². The van der Waals surface area contributed by atoms with Gasteiger partial charge < -0.3 is 0 Å². The molecule has 1 aliphatic rings. The van der Waals surface area contributed by atoms with Crippen LogP contribution in [0.5, 0.6) is 0 Å². The number of allylic oxidation sites excluding steroid dienone is 2. The number of rotatable bonds is 5. The van der Waals surface area contributed by atoms with E-state index in [9.17, 15) is 4.79 Å². The predicted molar refractivity (Wildman–Crippen MR) is 64.9 cm³/mol. The van der Waals surface area contributed by atoms with E-state index in [0.29, 0.717) is 11.7 Å². The van der Waals surface area contributed by atoms with Crippen LogP contribution in [0, 0.1) is 5.92 Å². The molecule has 1 fully saturated rings. The first kappa shape index (κ1) is 12.5. The molecular formula is C14H24O. The third-order valence-electron chi connectivity index (χ3n) is 3.35. The van der Waals surface area contributed by atoms with Crippen molar-refractivity contribution in [3.05, 3.63) is 11.6 Å². The van der Waals surface area contributed by atoms with E-state index in [-0.39, 0.29) is 0 Å². The summed E-state index contributed by atoms with van der Waals surface area (Å²) in [7, 11) is 0. The summed E-state index contributed by atoms with van der Waals surface area (Å²) in [5.41, 5.74) is 1.13. The molecule has 0 bridgehead atoms. The van der Waals surface area contributed by atoms with Crippen molar-refractivity contribution in [1.29, 1.82) is 0 Å². The van der Waals surface area contributed by atoms with E-state index in [1.165, 1.54) is 32.1 Å². The van der Waals surface area contributed by atoms with Gasteiger partial charge in [0.2, 0.25) is 0 Å². The molecule has 15 heavy (non-hydrogen) atoms. The standard InChI is InChI=1S/C14H24O/c1-3-5-8-12(4-2)11-13-9-6-7-10-14(13)15/h11-12H,3-10H2,1-2H3/b13-11+/t12-/m1/s1. The molecule has 0 amide bonds. The predicted octanol–water partition coefficient (Wildman–Crippen LogP) is 4.27. The summed E-state index contributed by atoms with van der Waals surface area (Å²) >= 11 is 0. The molecule has 86 valence electrons. The van der Waals surface area contributed by atoms with Gasteiger partial charge in [-0.05, 0) is 43.6 Å². The first-order chi connectivity index (χ1) is 7.27. The highest BCUT2D eigenvalue weighted by atomic mass is 16.1. The molecule has 0 spiro atoms. The molecule has 1 aliphatic carbocycles. The van der Waals surface area contributed by atoms with Gasteiger partial charge in [0.1, 0.15) is 0 Å². The molecule has 0 N–H and O–H groups in total. The van der Waals surface area contributed by atoms with Crippen molar-refractivity contribution in [3.63, 3.8) is 0 Å². The van der Waals surface area contributed by atoms with Gasteiger partial charge in [-0.15, -0.1) is 0 Å². The highest BCUT2D eigenvalue weighted by molar-refractivity contribution is 5.95. The third kappa shape index (κ3) is 4.19. The quantitative estimate of drug-likeness (QED) is 0.616. The lowest BCUT2D eigenvalue weighted by Crippen LogP contribution is -2.10. The Kier molecular flexibility index (Phi) is 5.67. The van der Waals surface area contributed by atoms with Crippen molar-refractivity contribution in [3.8, 4) is 0 Å². The maximum atomic E-state index is 11.7. The largest absolute Gasteiger partial charge is 0.295 e. The highest BCUT2D eigenvalue weighted by Crippen LogP contribution is 2.24. The van der Waals surface area contributed by atoms with Crippen LogP contribution in [0.15, 0.2) is 11.6 Å². The summed E-state index contributed by atoms with van der Waals surface area (Å²) in [6.07, 6.45) is 11.4. The number of unbranched alkanes of at least 4 members (excludes halogenated alkanes) is 1. The molecule has 0 aromatic rings. The van der Waals surface area contributed by atoms with E-state index in [1.54, 1.807) is 0 Å². The summed E-state index contributed by atoms with van der Waals surface area (Å²) in [5.74, 6) is 1.05. The summed E-state index contributed by atoms with van der Waals surface area (Å²) in [5, 5.41) is 0. The van der Waals surface area contributed by atoms with Crippen molar-refractivity contribution >= 4 is 5.78 Å². The average molecular weight is 208 g/mol. The van der Waals surface area contributed by atoms with Gasteiger partial charge in [-0.3, -0.25) is 4.79 Å². The molecule has 0 saturated heterocycles. The Bertz CT molecular complexity index is 227. The Hall–Kier alpha value is -0.590. The lowest BCUT2D eigenvalue weighted by atomic mass is 9.88. The number of carbonyl (C=O) groups is 1. The van der Waals surface area contributed by atoms with Crippen LogP contribution in [0.1, 0.15) is 65.2 Å². The van der Waals surface area contributed by atoms with E-state index in [4.69, 9.17) is 0 Å². The Labute approximate surface area is 93.9 Å². The maximum absolute atomic E-state index is 11.7. The highest BCUT2D eigenvalue weighted by Gasteiger charge is 2.16. The van der Waals surface area contributed by atoms with Crippen LogP contribution in [-0.4, -0.2) is 5.78 Å². The van der Waals surface area contributed by atoms with E-state index in [0.717, 1.165) is 24.8 Å².